The molecule has 1 aliphatic rings. The summed E-state index contributed by atoms with van der Waals surface area (Å²) in [6, 6.07) is 5.74. The summed E-state index contributed by atoms with van der Waals surface area (Å²) in [5.74, 6) is -0.543. The Kier molecular flexibility index (Phi) is 4.58. The van der Waals surface area contributed by atoms with Crippen molar-refractivity contribution in [2.75, 3.05) is 10.6 Å². The van der Waals surface area contributed by atoms with Crippen molar-refractivity contribution < 1.29 is 9.59 Å². The molecule has 2 rings (SSSR count). The number of hydrogen-bond donors (Lipinski definition) is 2. The number of anilines is 2. The van der Waals surface area contributed by atoms with Crippen molar-refractivity contribution in [1.82, 2.24) is 0 Å². The van der Waals surface area contributed by atoms with Crippen molar-refractivity contribution in [2.45, 2.75) is 37.4 Å². The summed E-state index contributed by atoms with van der Waals surface area (Å²) in [6.07, 6.45) is 3.23. The predicted octanol–water partition coefficient (Wildman–Crippen LogP) is 3.59. The number of unbranched alkanes of at least 4 members (excludes halogenated alkanes) is 1. The molecule has 0 bridgehead atoms. The van der Waals surface area contributed by atoms with Crippen LogP contribution in [0.5, 0.6) is 0 Å². The van der Waals surface area contributed by atoms with Crippen LogP contribution in [0.3, 0.4) is 0 Å². The average molecular weight is 325 g/mol. The molecule has 1 aromatic carbocycles. The molecule has 1 heterocycles. The number of carbonyl (C=O) groups is 2. The Bertz CT molecular complexity index is 502. The summed E-state index contributed by atoms with van der Waals surface area (Å²) in [4.78, 5) is 23.2. The number of rotatable bonds is 4. The van der Waals surface area contributed by atoms with E-state index in [0.717, 1.165) is 24.8 Å². The zero-order valence-corrected chi connectivity index (χ0v) is 12.4. The third-order valence-electron chi connectivity index (χ3n) is 3.09. The molecule has 0 saturated heterocycles. The van der Waals surface area contributed by atoms with E-state index in [0.29, 0.717) is 11.4 Å². The van der Waals surface area contributed by atoms with E-state index >= 15 is 0 Å². The molecule has 0 spiro atoms. The topological polar surface area (TPSA) is 58.2 Å². The molecule has 2 N–H and O–H groups in total. The Hall–Kier alpha value is -1.36. The highest BCUT2D eigenvalue weighted by Gasteiger charge is 2.19. The van der Waals surface area contributed by atoms with Crippen molar-refractivity contribution in [1.29, 1.82) is 0 Å². The third-order valence-corrected chi connectivity index (χ3v) is 4.07. The van der Waals surface area contributed by atoms with Gasteiger partial charge < -0.3 is 10.6 Å². The highest BCUT2D eigenvalue weighted by atomic mass is 79.9. The van der Waals surface area contributed by atoms with Crippen LogP contribution in [-0.4, -0.2) is 11.8 Å². The molecule has 102 valence electrons. The summed E-state index contributed by atoms with van der Waals surface area (Å²) in [5, 5.41) is 5.49. The Labute approximate surface area is 121 Å². The van der Waals surface area contributed by atoms with Crippen molar-refractivity contribution in [3.63, 3.8) is 0 Å². The van der Waals surface area contributed by atoms with Gasteiger partial charge in [0.1, 0.15) is 6.42 Å². The summed E-state index contributed by atoms with van der Waals surface area (Å²) >= 11 is 3.66. The van der Waals surface area contributed by atoms with Crippen LogP contribution in [0.25, 0.3) is 0 Å². The van der Waals surface area contributed by atoms with Crippen LogP contribution >= 0.6 is 15.9 Å². The Balaban J connectivity index is 2.22. The quantitative estimate of drug-likeness (QED) is 0.656. The lowest BCUT2D eigenvalue weighted by Gasteiger charge is -2.13. The van der Waals surface area contributed by atoms with E-state index in [1.54, 1.807) is 0 Å². The maximum Gasteiger partial charge on any atom is 0.233 e. The van der Waals surface area contributed by atoms with Gasteiger partial charge in [0.25, 0.3) is 0 Å². The molecule has 1 atom stereocenters. The van der Waals surface area contributed by atoms with E-state index in [2.05, 4.69) is 33.5 Å². The Morgan fingerprint density at radius 2 is 1.89 bits per heavy atom. The fourth-order valence-electron chi connectivity index (χ4n) is 2.05. The van der Waals surface area contributed by atoms with E-state index in [9.17, 15) is 9.59 Å². The van der Waals surface area contributed by atoms with Gasteiger partial charge in [-0.15, -0.1) is 0 Å². The van der Waals surface area contributed by atoms with E-state index in [4.69, 9.17) is 0 Å². The lowest BCUT2D eigenvalue weighted by Crippen LogP contribution is -2.16. The van der Waals surface area contributed by atoms with Crippen molar-refractivity contribution in [3.8, 4) is 0 Å². The van der Waals surface area contributed by atoms with Gasteiger partial charge in [-0.3, -0.25) is 9.59 Å². The van der Waals surface area contributed by atoms with E-state index in [-0.39, 0.29) is 23.1 Å². The Morgan fingerprint density at radius 3 is 2.58 bits per heavy atom. The molecule has 0 radical (unpaired) electrons. The monoisotopic (exact) mass is 324 g/mol. The number of alkyl halides is 1. The molecule has 1 aliphatic heterocycles. The number of hydrogen-bond acceptors (Lipinski definition) is 2. The second-order valence-corrected chi connectivity index (χ2v) is 5.79. The summed E-state index contributed by atoms with van der Waals surface area (Å²) in [7, 11) is 0. The van der Waals surface area contributed by atoms with Crippen LogP contribution in [0.15, 0.2) is 18.2 Å². The summed E-state index contributed by atoms with van der Waals surface area (Å²) < 4.78 is 0. The van der Waals surface area contributed by atoms with Crippen LogP contribution in [0.4, 0.5) is 11.4 Å². The zero-order valence-electron chi connectivity index (χ0n) is 10.8. The number of nitrogens with one attached hydrogen (secondary N) is 2. The number of benzene rings is 1. The normalized spacial score (nSPS) is 16.1. The van der Waals surface area contributed by atoms with Crippen LogP contribution in [0.2, 0.25) is 0 Å². The SMILES string of the molecule is CCCCC(Br)c1ccc2c(c1)NC(=O)CC(=O)N2. The maximum absolute atomic E-state index is 11.5. The maximum atomic E-state index is 11.5. The highest BCUT2D eigenvalue weighted by molar-refractivity contribution is 9.09. The number of carbonyl (C=O) groups excluding carboxylic acids is 2. The van der Waals surface area contributed by atoms with E-state index in [1.165, 1.54) is 0 Å². The molecule has 0 saturated carbocycles. The molecular weight excluding hydrogens is 308 g/mol. The molecule has 1 aromatic rings. The van der Waals surface area contributed by atoms with E-state index in [1.807, 2.05) is 18.2 Å². The lowest BCUT2D eigenvalue weighted by atomic mass is 10.1. The van der Waals surface area contributed by atoms with Gasteiger partial charge in [0.05, 0.1) is 11.4 Å². The molecule has 2 amide bonds. The number of halogens is 1. The van der Waals surface area contributed by atoms with Gasteiger partial charge in [-0.25, -0.2) is 0 Å². The van der Waals surface area contributed by atoms with Gasteiger partial charge in [0.15, 0.2) is 0 Å². The molecule has 4 nitrogen and oxygen atoms in total. The van der Waals surface area contributed by atoms with Gasteiger partial charge in [0, 0.05) is 4.83 Å². The highest BCUT2D eigenvalue weighted by Crippen LogP contribution is 2.34. The zero-order chi connectivity index (χ0) is 13.8. The third kappa shape index (κ3) is 3.56. The molecule has 0 fully saturated rings. The van der Waals surface area contributed by atoms with Crippen LogP contribution in [-0.2, 0) is 9.59 Å². The predicted molar refractivity (Wildman–Crippen MR) is 79.5 cm³/mol. The minimum absolute atomic E-state index is 0.127. The van der Waals surface area contributed by atoms with Crippen LogP contribution in [0.1, 0.15) is 43.0 Å². The minimum Gasteiger partial charge on any atom is -0.324 e. The second kappa shape index (κ2) is 6.19. The summed E-state index contributed by atoms with van der Waals surface area (Å²) in [6.45, 7) is 2.16. The number of amides is 2. The molecule has 19 heavy (non-hydrogen) atoms. The fourth-order valence-corrected chi connectivity index (χ4v) is 2.66. The van der Waals surface area contributed by atoms with Gasteiger partial charge in [-0.1, -0.05) is 41.8 Å². The molecular formula is C14H17BrN2O2. The smallest absolute Gasteiger partial charge is 0.233 e. The van der Waals surface area contributed by atoms with Crippen molar-refractivity contribution in [3.05, 3.63) is 23.8 Å². The fraction of sp³-hybridized carbons (Fsp3) is 0.429. The standard InChI is InChI=1S/C14H17BrN2O2/c1-2-3-4-10(15)9-5-6-11-12(7-9)17-14(19)8-13(18)16-11/h5-7,10H,2-4,8H2,1H3,(H,16,18)(H,17,19). The van der Waals surface area contributed by atoms with Gasteiger partial charge in [0.2, 0.25) is 11.8 Å². The first-order valence-corrected chi connectivity index (χ1v) is 7.39. The minimum atomic E-state index is -0.273. The molecule has 0 aromatic heterocycles. The summed E-state index contributed by atoms with van der Waals surface area (Å²) in [5.41, 5.74) is 2.45. The molecule has 0 aliphatic carbocycles. The largest absolute Gasteiger partial charge is 0.324 e. The van der Waals surface area contributed by atoms with Gasteiger partial charge in [-0.05, 0) is 24.1 Å². The van der Waals surface area contributed by atoms with Gasteiger partial charge in [-0.2, -0.15) is 0 Å². The second-order valence-electron chi connectivity index (χ2n) is 4.69. The van der Waals surface area contributed by atoms with E-state index < -0.39 is 0 Å². The first kappa shape index (κ1) is 14.1. The van der Waals surface area contributed by atoms with Crippen molar-refractivity contribution >= 4 is 39.1 Å². The molecule has 1 unspecified atom stereocenters. The average Bonchev–Trinajstić information content (AvgIpc) is 2.51. The van der Waals surface area contributed by atoms with Gasteiger partial charge >= 0.3 is 0 Å². The number of fused-ring (bicyclic) bond motifs is 1. The Morgan fingerprint density at radius 1 is 1.21 bits per heavy atom. The van der Waals surface area contributed by atoms with Crippen LogP contribution < -0.4 is 10.6 Å². The molecule has 5 heteroatoms. The first-order chi connectivity index (χ1) is 9.10. The van der Waals surface area contributed by atoms with Crippen molar-refractivity contribution in [2.24, 2.45) is 0 Å². The van der Waals surface area contributed by atoms with Crippen LogP contribution in [0, 0.1) is 0 Å². The lowest BCUT2D eigenvalue weighted by molar-refractivity contribution is -0.123. The first-order valence-electron chi connectivity index (χ1n) is 6.48.